The first kappa shape index (κ1) is 15.2. The summed E-state index contributed by atoms with van der Waals surface area (Å²) in [4.78, 5) is 15.8. The highest BCUT2D eigenvalue weighted by molar-refractivity contribution is 5.86. The zero-order chi connectivity index (χ0) is 16.9. The number of H-pyrrole nitrogens is 1. The number of nitrogens with one attached hydrogen (secondary N) is 1. The molecule has 4 N–H and O–H groups in total. The van der Waals surface area contributed by atoms with Gasteiger partial charge in [0.2, 0.25) is 0 Å². The molecule has 4 rings (SSSR count). The van der Waals surface area contributed by atoms with Crippen LogP contribution in [0.25, 0.3) is 22.4 Å². The van der Waals surface area contributed by atoms with Crippen molar-refractivity contribution in [2.24, 2.45) is 0 Å². The van der Waals surface area contributed by atoms with Gasteiger partial charge < -0.3 is 25.0 Å². The standard InChI is InChI=1S/C15H17N5O4/c1-15(23)12(22)9(5-21)24-14(15)20-7-19-11-10(8-2-3-16-4-8)17-6-18-13(11)20/h2-4,6-7,9,12,14,16,21-23H,5H2,1H3/t9-,12-,14?,15-/m1/s1. The quantitative estimate of drug-likeness (QED) is 0.524. The molecule has 1 aliphatic rings. The number of aliphatic hydroxyl groups is 3. The van der Waals surface area contributed by atoms with E-state index in [1.54, 1.807) is 17.0 Å². The Morgan fingerprint density at radius 2 is 2.21 bits per heavy atom. The fraction of sp³-hybridized carbons (Fsp3) is 0.400. The van der Waals surface area contributed by atoms with Crippen LogP contribution >= 0.6 is 0 Å². The van der Waals surface area contributed by atoms with Crippen LogP contribution in [0, 0.1) is 0 Å². The van der Waals surface area contributed by atoms with Crippen LogP contribution in [0.15, 0.2) is 31.1 Å². The molecule has 0 aromatic carbocycles. The zero-order valence-electron chi connectivity index (χ0n) is 12.9. The predicted molar refractivity (Wildman–Crippen MR) is 82.7 cm³/mol. The topological polar surface area (TPSA) is 129 Å². The maximum Gasteiger partial charge on any atom is 0.168 e. The molecule has 1 aliphatic heterocycles. The van der Waals surface area contributed by atoms with E-state index >= 15 is 0 Å². The number of aromatic nitrogens is 5. The predicted octanol–water partition coefficient (Wildman–Crippen LogP) is -0.177. The minimum Gasteiger partial charge on any atom is -0.394 e. The Balaban J connectivity index is 1.83. The first-order valence-electron chi connectivity index (χ1n) is 7.51. The van der Waals surface area contributed by atoms with Gasteiger partial charge in [0, 0.05) is 18.0 Å². The van der Waals surface area contributed by atoms with E-state index in [1.807, 2.05) is 6.07 Å². The third kappa shape index (κ3) is 2.06. The molecule has 0 amide bonds. The van der Waals surface area contributed by atoms with E-state index in [4.69, 9.17) is 4.74 Å². The Morgan fingerprint density at radius 1 is 1.38 bits per heavy atom. The number of fused-ring (bicyclic) bond motifs is 1. The smallest absolute Gasteiger partial charge is 0.168 e. The molecule has 0 bridgehead atoms. The summed E-state index contributed by atoms with van der Waals surface area (Å²) in [6.07, 6.45) is 3.45. The summed E-state index contributed by atoms with van der Waals surface area (Å²) >= 11 is 0. The number of nitrogens with zero attached hydrogens (tertiary/aromatic N) is 4. The zero-order valence-corrected chi connectivity index (χ0v) is 12.9. The highest BCUT2D eigenvalue weighted by Crippen LogP contribution is 2.39. The van der Waals surface area contributed by atoms with E-state index in [0.717, 1.165) is 5.56 Å². The molecule has 0 aliphatic carbocycles. The average Bonchev–Trinajstić information content (AvgIpc) is 3.28. The van der Waals surface area contributed by atoms with Gasteiger partial charge >= 0.3 is 0 Å². The molecule has 4 atom stereocenters. The normalized spacial score (nSPS) is 30.2. The van der Waals surface area contributed by atoms with Crippen LogP contribution in [0.5, 0.6) is 0 Å². The Kier molecular flexibility index (Phi) is 3.39. The number of hydrogen-bond acceptors (Lipinski definition) is 7. The van der Waals surface area contributed by atoms with Gasteiger partial charge in [-0.1, -0.05) is 0 Å². The lowest BCUT2D eigenvalue weighted by molar-refractivity contribution is -0.0950. The van der Waals surface area contributed by atoms with Gasteiger partial charge in [-0.3, -0.25) is 4.57 Å². The van der Waals surface area contributed by atoms with Gasteiger partial charge in [0.15, 0.2) is 11.9 Å². The Labute approximate surface area is 136 Å². The van der Waals surface area contributed by atoms with E-state index in [0.29, 0.717) is 16.9 Å². The summed E-state index contributed by atoms with van der Waals surface area (Å²) < 4.78 is 7.18. The van der Waals surface area contributed by atoms with Gasteiger partial charge in [0.1, 0.15) is 35.3 Å². The fourth-order valence-corrected chi connectivity index (χ4v) is 3.10. The Hall–Kier alpha value is -2.33. The van der Waals surface area contributed by atoms with Crippen LogP contribution in [0.2, 0.25) is 0 Å². The second-order valence-electron chi connectivity index (χ2n) is 6.03. The van der Waals surface area contributed by atoms with E-state index in [1.165, 1.54) is 19.6 Å². The third-order valence-corrected chi connectivity index (χ3v) is 4.42. The van der Waals surface area contributed by atoms with Crippen molar-refractivity contribution in [2.45, 2.75) is 31.0 Å². The van der Waals surface area contributed by atoms with E-state index < -0.39 is 30.6 Å². The van der Waals surface area contributed by atoms with Crippen molar-refractivity contribution in [2.75, 3.05) is 6.61 Å². The molecule has 0 saturated carbocycles. The summed E-state index contributed by atoms with van der Waals surface area (Å²) in [7, 11) is 0. The fourth-order valence-electron chi connectivity index (χ4n) is 3.10. The lowest BCUT2D eigenvalue weighted by atomic mass is 9.96. The monoisotopic (exact) mass is 331 g/mol. The third-order valence-electron chi connectivity index (χ3n) is 4.42. The van der Waals surface area contributed by atoms with Crippen LogP contribution < -0.4 is 0 Å². The van der Waals surface area contributed by atoms with E-state index in [-0.39, 0.29) is 0 Å². The molecule has 9 heteroatoms. The van der Waals surface area contributed by atoms with Gasteiger partial charge in [-0.25, -0.2) is 15.0 Å². The number of ether oxygens (including phenoxy) is 1. The lowest BCUT2D eigenvalue weighted by Crippen LogP contribution is -2.44. The van der Waals surface area contributed by atoms with Crippen molar-refractivity contribution in [3.63, 3.8) is 0 Å². The first-order chi connectivity index (χ1) is 11.5. The van der Waals surface area contributed by atoms with Crippen molar-refractivity contribution < 1.29 is 20.1 Å². The second-order valence-corrected chi connectivity index (χ2v) is 6.03. The molecule has 126 valence electrons. The van der Waals surface area contributed by atoms with Gasteiger partial charge in [-0.15, -0.1) is 0 Å². The van der Waals surface area contributed by atoms with Gasteiger partial charge in [0.05, 0.1) is 12.9 Å². The molecule has 9 nitrogen and oxygen atoms in total. The number of hydrogen-bond donors (Lipinski definition) is 4. The minimum atomic E-state index is -1.60. The molecular weight excluding hydrogens is 314 g/mol. The molecule has 0 spiro atoms. The van der Waals surface area contributed by atoms with Crippen molar-refractivity contribution >= 4 is 11.2 Å². The average molecular weight is 331 g/mol. The largest absolute Gasteiger partial charge is 0.394 e. The summed E-state index contributed by atoms with van der Waals surface area (Å²) in [5.41, 5.74) is 0.938. The number of imidazole rings is 1. The number of rotatable bonds is 3. The molecule has 1 fully saturated rings. The van der Waals surface area contributed by atoms with Crippen molar-refractivity contribution in [3.8, 4) is 11.3 Å². The first-order valence-corrected chi connectivity index (χ1v) is 7.51. The molecule has 1 saturated heterocycles. The molecule has 4 heterocycles. The number of aliphatic hydroxyl groups excluding tert-OH is 2. The Morgan fingerprint density at radius 3 is 2.88 bits per heavy atom. The summed E-state index contributed by atoms with van der Waals surface area (Å²) in [5.74, 6) is 0. The maximum atomic E-state index is 10.6. The van der Waals surface area contributed by atoms with Crippen LogP contribution in [0.1, 0.15) is 13.2 Å². The SMILES string of the molecule is C[C@]1(O)C(n2cnc3c(-c4cc[nH]c4)ncnc32)O[C@H](CO)[C@H]1O. The van der Waals surface area contributed by atoms with E-state index in [2.05, 4.69) is 19.9 Å². The van der Waals surface area contributed by atoms with Gasteiger partial charge in [0.25, 0.3) is 0 Å². The molecular formula is C15H17N5O4. The molecule has 24 heavy (non-hydrogen) atoms. The van der Waals surface area contributed by atoms with Crippen LogP contribution in [-0.4, -0.2) is 64.2 Å². The lowest BCUT2D eigenvalue weighted by Gasteiger charge is -2.27. The molecule has 3 aromatic heterocycles. The maximum absolute atomic E-state index is 10.6. The summed E-state index contributed by atoms with van der Waals surface area (Å²) in [5, 5.41) is 30.1. The van der Waals surface area contributed by atoms with Crippen molar-refractivity contribution in [3.05, 3.63) is 31.1 Å². The van der Waals surface area contributed by atoms with Crippen LogP contribution in [-0.2, 0) is 4.74 Å². The Bertz CT molecular complexity index is 860. The summed E-state index contributed by atoms with van der Waals surface area (Å²) in [6, 6.07) is 1.87. The van der Waals surface area contributed by atoms with Crippen molar-refractivity contribution in [1.29, 1.82) is 0 Å². The van der Waals surface area contributed by atoms with Gasteiger partial charge in [-0.05, 0) is 13.0 Å². The highest BCUT2D eigenvalue weighted by atomic mass is 16.6. The van der Waals surface area contributed by atoms with Crippen molar-refractivity contribution in [1.82, 2.24) is 24.5 Å². The molecule has 0 radical (unpaired) electrons. The number of aromatic amines is 1. The van der Waals surface area contributed by atoms with Crippen LogP contribution in [0.4, 0.5) is 0 Å². The molecule has 1 unspecified atom stereocenters. The minimum absolute atomic E-state index is 0.399. The van der Waals surface area contributed by atoms with Crippen LogP contribution in [0.3, 0.4) is 0 Å². The summed E-state index contributed by atoms with van der Waals surface area (Å²) in [6.45, 7) is 1.06. The van der Waals surface area contributed by atoms with E-state index in [9.17, 15) is 15.3 Å². The van der Waals surface area contributed by atoms with Gasteiger partial charge in [-0.2, -0.15) is 0 Å². The second kappa shape index (κ2) is 5.35. The highest BCUT2D eigenvalue weighted by Gasteiger charge is 2.53. The molecule has 3 aromatic rings.